The Labute approximate surface area is 117 Å². The highest BCUT2D eigenvalue weighted by Gasteiger charge is 2.19. The molecule has 1 heterocycles. The van der Waals surface area contributed by atoms with E-state index in [0.717, 1.165) is 12.2 Å². The van der Waals surface area contributed by atoms with Crippen LogP contribution in [0.15, 0.2) is 36.5 Å². The van der Waals surface area contributed by atoms with Crippen molar-refractivity contribution in [2.75, 3.05) is 12.3 Å². The predicted molar refractivity (Wildman–Crippen MR) is 77.7 cm³/mol. The Morgan fingerprint density at radius 3 is 2.95 bits per heavy atom. The molecular formula is C15H18N4O. The predicted octanol–water partition coefficient (Wildman–Crippen LogP) is 1.98. The van der Waals surface area contributed by atoms with Crippen molar-refractivity contribution < 1.29 is 4.79 Å². The van der Waals surface area contributed by atoms with Crippen LogP contribution in [0.3, 0.4) is 0 Å². The molecule has 104 valence electrons. The maximum Gasteiger partial charge on any atom is 0.271 e. The lowest BCUT2D eigenvalue weighted by Gasteiger charge is -2.25. The summed E-state index contributed by atoms with van der Waals surface area (Å²) in [6, 6.07) is 9.13. The molecule has 3 rings (SSSR count). The van der Waals surface area contributed by atoms with E-state index in [0.29, 0.717) is 17.3 Å². The number of nitrogen functional groups attached to an aromatic ring is 1. The van der Waals surface area contributed by atoms with E-state index in [1.54, 1.807) is 16.9 Å². The Bertz CT molecular complexity index is 616. The number of hydrogen-bond donors (Lipinski definition) is 2. The minimum Gasteiger partial charge on any atom is -0.399 e. The fraction of sp³-hybridized carbons (Fsp3) is 0.333. The number of hydrogen-bond acceptors (Lipinski definition) is 3. The molecule has 2 aromatic rings. The fourth-order valence-corrected chi connectivity index (χ4v) is 2.28. The van der Waals surface area contributed by atoms with Crippen LogP contribution in [0, 0.1) is 5.92 Å². The van der Waals surface area contributed by atoms with Gasteiger partial charge in [-0.3, -0.25) is 4.79 Å². The van der Waals surface area contributed by atoms with E-state index in [1.165, 1.54) is 19.3 Å². The van der Waals surface area contributed by atoms with Crippen molar-refractivity contribution in [3.63, 3.8) is 0 Å². The zero-order valence-electron chi connectivity index (χ0n) is 11.2. The van der Waals surface area contributed by atoms with Gasteiger partial charge in [0.25, 0.3) is 5.91 Å². The van der Waals surface area contributed by atoms with E-state index < -0.39 is 0 Å². The number of carbonyl (C=O) groups excluding carboxylic acids is 1. The van der Waals surface area contributed by atoms with Crippen molar-refractivity contribution in [1.29, 1.82) is 0 Å². The molecule has 0 radical (unpaired) electrons. The van der Waals surface area contributed by atoms with E-state index in [-0.39, 0.29) is 5.91 Å². The largest absolute Gasteiger partial charge is 0.399 e. The van der Waals surface area contributed by atoms with Crippen LogP contribution < -0.4 is 11.1 Å². The van der Waals surface area contributed by atoms with Gasteiger partial charge in [-0.15, -0.1) is 0 Å². The summed E-state index contributed by atoms with van der Waals surface area (Å²) >= 11 is 0. The number of amides is 1. The molecule has 1 saturated carbocycles. The smallest absolute Gasteiger partial charge is 0.271 e. The van der Waals surface area contributed by atoms with E-state index >= 15 is 0 Å². The van der Waals surface area contributed by atoms with Crippen LogP contribution in [0.2, 0.25) is 0 Å². The number of carbonyl (C=O) groups is 1. The molecular weight excluding hydrogens is 252 g/mol. The van der Waals surface area contributed by atoms with Crippen molar-refractivity contribution in [1.82, 2.24) is 15.1 Å². The molecule has 0 bridgehead atoms. The Morgan fingerprint density at radius 1 is 1.40 bits per heavy atom. The van der Waals surface area contributed by atoms with Crippen LogP contribution in [0.1, 0.15) is 29.8 Å². The summed E-state index contributed by atoms with van der Waals surface area (Å²) in [5.74, 6) is 0.537. The first-order valence-corrected chi connectivity index (χ1v) is 6.92. The highest BCUT2D eigenvalue weighted by molar-refractivity contribution is 5.92. The molecule has 1 aromatic heterocycles. The molecule has 0 aliphatic heterocycles. The van der Waals surface area contributed by atoms with E-state index in [4.69, 9.17) is 5.73 Å². The molecule has 1 aliphatic carbocycles. The fourth-order valence-electron chi connectivity index (χ4n) is 2.28. The van der Waals surface area contributed by atoms with Crippen LogP contribution in [-0.4, -0.2) is 22.2 Å². The summed E-state index contributed by atoms with van der Waals surface area (Å²) in [6.07, 6.45) is 5.49. The Kier molecular flexibility index (Phi) is 3.41. The summed E-state index contributed by atoms with van der Waals surface area (Å²) in [7, 11) is 0. The Balaban J connectivity index is 1.67. The first-order valence-electron chi connectivity index (χ1n) is 6.92. The van der Waals surface area contributed by atoms with Crippen LogP contribution >= 0.6 is 0 Å². The van der Waals surface area contributed by atoms with Gasteiger partial charge < -0.3 is 11.1 Å². The SMILES string of the molecule is Nc1cccc(-n2ccc(C(=O)NCC3CCC3)n2)c1. The van der Waals surface area contributed by atoms with Gasteiger partial charge in [0.05, 0.1) is 5.69 Å². The van der Waals surface area contributed by atoms with Gasteiger partial charge in [0.2, 0.25) is 0 Å². The summed E-state index contributed by atoms with van der Waals surface area (Å²) in [5.41, 5.74) is 7.71. The lowest BCUT2D eigenvalue weighted by atomic mass is 9.85. The standard InChI is InChI=1S/C15H18N4O/c16-12-5-2-6-13(9-12)19-8-7-14(18-19)15(20)17-10-11-3-1-4-11/h2,5-9,11H,1,3-4,10,16H2,(H,17,20). The zero-order valence-corrected chi connectivity index (χ0v) is 11.2. The van der Waals surface area contributed by atoms with Gasteiger partial charge in [-0.1, -0.05) is 12.5 Å². The maximum absolute atomic E-state index is 12.0. The normalized spacial score (nSPS) is 14.8. The Morgan fingerprint density at radius 2 is 2.25 bits per heavy atom. The molecule has 20 heavy (non-hydrogen) atoms. The molecule has 1 aliphatic rings. The molecule has 0 saturated heterocycles. The number of aromatic nitrogens is 2. The molecule has 5 heteroatoms. The molecule has 5 nitrogen and oxygen atoms in total. The molecule has 1 aromatic carbocycles. The summed E-state index contributed by atoms with van der Waals surface area (Å²) < 4.78 is 1.66. The van der Waals surface area contributed by atoms with Crippen LogP contribution in [0.5, 0.6) is 0 Å². The van der Waals surface area contributed by atoms with Gasteiger partial charge in [-0.05, 0) is 43.0 Å². The monoisotopic (exact) mass is 270 g/mol. The van der Waals surface area contributed by atoms with Gasteiger partial charge >= 0.3 is 0 Å². The average molecular weight is 270 g/mol. The second-order valence-electron chi connectivity index (χ2n) is 5.25. The van der Waals surface area contributed by atoms with Crippen molar-refractivity contribution >= 4 is 11.6 Å². The highest BCUT2D eigenvalue weighted by Crippen LogP contribution is 2.25. The minimum absolute atomic E-state index is 0.112. The zero-order chi connectivity index (χ0) is 13.9. The summed E-state index contributed by atoms with van der Waals surface area (Å²) in [6.45, 7) is 0.754. The second-order valence-corrected chi connectivity index (χ2v) is 5.25. The number of nitrogens with zero attached hydrogens (tertiary/aromatic N) is 2. The van der Waals surface area contributed by atoms with Crippen LogP contribution in [0.25, 0.3) is 5.69 Å². The molecule has 1 amide bonds. The lowest BCUT2D eigenvalue weighted by Crippen LogP contribution is -2.32. The van der Waals surface area contributed by atoms with Gasteiger partial charge in [0.15, 0.2) is 5.69 Å². The van der Waals surface area contributed by atoms with Gasteiger partial charge in [-0.25, -0.2) is 4.68 Å². The Hall–Kier alpha value is -2.30. The van der Waals surface area contributed by atoms with Crippen molar-refractivity contribution in [3.05, 3.63) is 42.2 Å². The number of rotatable bonds is 4. The van der Waals surface area contributed by atoms with Crippen LogP contribution in [-0.2, 0) is 0 Å². The molecule has 3 N–H and O–H groups in total. The number of anilines is 1. The van der Waals surface area contributed by atoms with Gasteiger partial charge in [-0.2, -0.15) is 5.10 Å². The number of nitrogens with two attached hydrogens (primary N) is 1. The van der Waals surface area contributed by atoms with E-state index in [2.05, 4.69) is 10.4 Å². The first-order chi connectivity index (χ1) is 9.72. The minimum atomic E-state index is -0.112. The first kappa shape index (κ1) is 12.7. The van der Waals surface area contributed by atoms with Crippen molar-refractivity contribution in [3.8, 4) is 5.69 Å². The van der Waals surface area contributed by atoms with E-state index in [9.17, 15) is 4.79 Å². The molecule has 1 fully saturated rings. The second kappa shape index (κ2) is 5.36. The van der Waals surface area contributed by atoms with Gasteiger partial charge in [0.1, 0.15) is 0 Å². The third-order valence-corrected chi connectivity index (χ3v) is 3.73. The van der Waals surface area contributed by atoms with Crippen molar-refractivity contribution in [2.45, 2.75) is 19.3 Å². The molecule has 0 unspecified atom stereocenters. The number of nitrogens with one attached hydrogen (secondary N) is 1. The van der Waals surface area contributed by atoms with Gasteiger partial charge in [0, 0.05) is 18.4 Å². The highest BCUT2D eigenvalue weighted by atomic mass is 16.1. The number of benzene rings is 1. The maximum atomic E-state index is 12.0. The van der Waals surface area contributed by atoms with Crippen LogP contribution in [0.4, 0.5) is 5.69 Å². The topological polar surface area (TPSA) is 72.9 Å². The molecule has 0 spiro atoms. The lowest BCUT2D eigenvalue weighted by molar-refractivity contribution is 0.0933. The quantitative estimate of drug-likeness (QED) is 0.834. The van der Waals surface area contributed by atoms with E-state index in [1.807, 2.05) is 24.3 Å². The average Bonchev–Trinajstić information content (AvgIpc) is 2.86. The molecule has 0 atom stereocenters. The third kappa shape index (κ3) is 2.66. The third-order valence-electron chi connectivity index (χ3n) is 3.73. The summed E-state index contributed by atoms with van der Waals surface area (Å²) in [5, 5.41) is 7.23. The summed E-state index contributed by atoms with van der Waals surface area (Å²) in [4.78, 5) is 12.0. The van der Waals surface area contributed by atoms with Crippen molar-refractivity contribution in [2.24, 2.45) is 5.92 Å².